The Morgan fingerprint density at radius 1 is 0.759 bits per heavy atom. The number of amides is 2. The van der Waals surface area contributed by atoms with Crippen LogP contribution in [0.2, 0.25) is 0 Å². The molecule has 4 nitrogen and oxygen atoms in total. The van der Waals surface area contributed by atoms with Crippen molar-refractivity contribution in [2.24, 2.45) is 0 Å². The Bertz CT molecular complexity index is 993. The van der Waals surface area contributed by atoms with Crippen LogP contribution in [-0.2, 0) is 9.59 Å². The monoisotopic (exact) mass is 382 g/mol. The van der Waals surface area contributed by atoms with Gasteiger partial charge in [0.25, 0.3) is 11.8 Å². The molecular formula is C25H22N2O2. The highest BCUT2D eigenvalue weighted by Crippen LogP contribution is 2.24. The summed E-state index contributed by atoms with van der Waals surface area (Å²) in [6, 6.07) is 24.1. The lowest BCUT2D eigenvalue weighted by molar-refractivity contribution is -0.121. The van der Waals surface area contributed by atoms with Gasteiger partial charge in [-0.2, -0.15) is 0 Å². The number of rotatable bonds is 5. The fourth-order valence-corrected chi connectivity index (χ4v) is 2.83. The molecule has 0 spiro atoms. The van der Waals surface area contributed by atoms with Crippen LogP contribution in [0, 0.1) is 6.92 Å². The van der Waals surface area contributed by atoms with Crippen LogP contribution in [0.5, 0.6) is 0 Å². The first-order chi connectivity index (χ1) is 14.0. The third-order valence-corrected chi connectivity index (χ3v) is 4.35. The molecule has 0 aliphatic rings. The lowest BCUT2D eigenvalue weighted by Crippen LogP contribution is -2.35. The second kappa shape index (κ2) is 9.33. The van der Waals surface area contributed by atoms with Crippen LogP contribution in [-0.4, -0.2) is 11.8 Å². The number of nitrogens with two attached hydrogens (primary N) is 1. The summed E-state index contributed by atoms with van der Waals surface area (Å²) in [6.07, 6.45) is 6.16. The standard InChI is InChI=1S/C25H22N2O2/c1-19-12-15-22(26)18-23(19)27(24(28)16-13-20-8-4-2-5-9-20)25(29)17-14-21-10-6-3-7-11-21/h2-18H,26H2,1H3. The number of imide groups is 1. The number of hydrogen-bond acceptors (Lipinski definition) is 3. The van der Waals surface area contributed by atoms with Crippen molar-refractivity contribution in [1.82, 2.24) is 0 Å². The highest BCUT2D eigenvalue weighted by molar-refractivity contribution is 6.24. The Morgan fingerprint density at radius 2 is 1.24 bits per heavy atom. The van der Waals surface area contributed by atoms with Crippen molar-refractivity contribution < 1.29 is 9.59 Å². The molecule has 29 heavy (non-hydrogen) atoms. The van der Waals surface area contributed by atoms with Crippen molar-refractivity contribution in [3.63, 3.8) is 0 Å². The number of carbonyl (C=O) groups excluding carboxylic acids is 2. The Hall–Kier alpha value is -3.92. The van der Waals surface area contributed by atoms with Crippen molar-refractivity contribution in [2.45, 2.75) is 6.92 Å². The average Bonchev–Trinajstić information content (AvgIpc) is 2.75. The second-order valence-corrected chi connectivity index (χ2v) is 6.55. The highest BCUT2D eigenvalue weighted by atomic mass is 16.2. The number of aryl methyl sites for hydroxylation is 1. The first-order valence-corrected chi connectivity index (χ1v) is 9.25. The predicted molar refractivity (Wildman–Crippen MR) is 119 cm³/mol. The second-order valence-electron chi connectivity index (χ2n) is 6.55. The summed E-state index contributed by atoms with van der Waals surface area (Å²) >= 11 is 0. The van der Waals surface area contributed by atoms with Gasteiger partial charge in [-0.1, -0.05) is 66.7 Å². The zero-order valence-electron chi connectivity index (χ0n) is 16.2. The summed E-state index contributed by atoms with van der Waals surface area (Å²) in [5.41, 5.74) is 9.38. The SMILES string of the molecule is Cc1ccc(N)cc1N(C(=O)C=Cc1ccccc1)C(=O)C=Cc1ccccc1. The number of carbonyl (C=O) groups is 2. The quantitative estimate of drug-likeness (QED) is 0.506. The number of nitrogen functional groups attached to an aromatic ring is 1. The molecule has 2 N–H and O–H groups in total. The van der Waals surface area contributed by atoms with Gasteiger partial charge in [0.1, 0.15) is 0 Å². The van der Waals surface area contributed by atoms with E-state index in [1.807, 2.05) is 67.6 Å². The van der Waals surface area contributed by atoms with Gasteiger partial charge in [0, 0.05) is 17.8 Å². The fraction of sp³-hybridized carbons (Fsp3) is 0.0400. The Balaban J connectivity index is 1.94. The van der Waals surface area contributed by atoms with Gasteiger partial charge in [0.2, 0.25) is 0 Å². The van der Waals surface area contributed by atoms with Crippen molar-refractivity contribution in [3.8, 4) is 0 Å². The topological polar surface area (TPSA) is 63.4 Å². The molecule has 0 atom stereocenters. The Morgan fingerprint density at radius 3 is 1.72 bits per heavy atom. The molecule has 0 saturated carbocycles. The van der Waals surface area contributed by atoms with E-state index in [1.54, 1.807) is 30.4 Å². The van der Waals surface area contributed by atoms with Gasteiger partial charge >= 0.3 is 0 Å². The maximum absolute atomic E-state index is 13.0. The van der Waals surface area contributed by atoms with E-state index >= 15 is 0 Å². The van der Waals surface area contributed by atoms with Crippen LogP contribution in [0.3, 0.4) is 0 Å². The fourth-order valence-electron chi connectivity index (χ4n) is 2.83. The number of benzene rings is 3. The van der Waals surface area contributed by atoms with E-state index in [1.165, 1.54) is 12.2 Å². The molecule has 0 aliphatic carbocycles. The lowest BCUT2D eigenvalue weighted by atomic mass is 10.1. The van der Waals surface area contributed by atoms with Gasteiger partial charge in [-0.05, 0) is 47.9 Å². The molecule has 0 aliphatic heterocycles. The van der Waals surface area contributed by atoms with E-state index < -0.39 is 11.8 Å². The van der Waals surface area contributed by atoms with Crippen LogP contribution in [0.25, 0.3) is 12.2 Å². The zero-order chi connectivity index (χ0) is 20.6. The van der Waals surface area contributed by atoms with Gasteiger partial charge in [0.15, 0.2) is 0 Å². The van der Waals surface area contributed by atoms with E-state index in [-0.39, 0.29) is 0 Å². The van der Waals surface area contributed by atoms with Crippen LogP contribution in [0.15, 0.2) is 91.0 Å². The van der Waals surface area contributed by atoms with E-state index in [0.29, 0.717) is 11.4 Å². The smallest absolute Gasteiger partial charge is 0.258 e. The molecule has 0 fully saturated rings. The number of nitrogens with zero attached hydrogens (tertiary/aromatic N) is 1. The van der Waals surface area contributed by atoms with Gasteiger partial charge in [-0.25, -0.2) is 4.90 Å². The third-order valence-electron chi connectivity index (χ3n) is 4.35. The van der Waals surface area contributed by atoms with E-state index in [9.17, 15) is 9.59 Å². The van der Waals surface area contributed by atoms with Gasteiger partial charge < -0.3 is 5.73 Å². The average molecular weight is 382 g/mol. The molecule has 3 aromatic rings. The minimum absolute atomic E-state index is 0.440. The summed E-state index contributed by atoms with van der Waals surface area (Å²) in [5.74, 6) is -0.879. The molecule has 0 heterocycles. The van der Waals surface area contributed by atoms with Crippen LogP contribution >= 0.6 is 0 Å². The third kappa shape index (κ3) is 5.30. The Labute approximate surface area is 170 Å². The van der Waals surface area contributed by atoms with E-state index in [0.717, 1.165) is 21.6 Å². The first-order valence-electron chi connectivity index (χ1n) is 9.25. The van der Waals surface area contributed by atoms with Gasteiger partial charge in [-0.15, -0.1) is 0 Å². The first kappa shape index (κ1) is 19.8. The molecule has 3 aromatic carbocycles. The van der Waals surface area contributed by atoms with E-state index in [2.05, 4.69) is 0 Å². The molecule has 0 saturated heterocycles. The molecular weight excluding hydrogens is 360 g/mol. The predicted octanol–water partition coefficient (Wildman–Crippen LogP) is 4.86. The summed E-state index contributed by atoms with van der Waals surface area (Å²) in [5, 5.41) is 0. The molecule has 144 valence electrons. The summed E-state index contributed by atoms with van der Waals surface area (Å²) in [7, 11) is 0. The zero-order valence-corrected chi connectivity index (χ0v) is 16.2. The van der Waals surface area contributed by atoms with Gasteiger partial charge in [-0.3, -0.25) is 9.59 Å². The van der Waals surface area contributed by atoms with Crippen molar-refractivity contribution in [3.05, 3.63) is 108 Å². The van der Waals surface area contributed by atoms with Crippen molar-refractivity contribution in [2.75, 3.05) is 10.6 Å². The summed E-state index contributed by atoms with van der Waals surface area (Å²) in [4.78, 5) is 27.1. The number of hydrogen-bond donors (Lipinski definition) is 1. The maximum atomic E-state index is 13.0. The van der Waals surface area contributed by atoms with Crippen LogP contribution in [0.1, 0.15) is 16.7 Å². The minimum Gasteiger partial charge on any atom is -0.399 e. The Kier molecular flexibility index (Phi) is 6.38. The normalized spacial score (nSPS) is 11.1. The largest absolute Gasteiger partial charge is 0.399 e. The number of anilines is 2. The molecule has 0 radical (unpaired) electrons. The van der Waals surface area contributed by atoms with E-state index in [4.69, 9.17) is 5.73 Å². The minimum atomic E-state index is -0.440. The summed E-state index contributed by atoms with van der Waals surface area (Å²) < 4.78 is 0. The van der Waals surface area contributed by atoms with Crippen molar-refractivity contribution in [1.29, 1.82) is 0 Å². The highest BCUT2D eigenvalue weighted by Gasteiger charge is 2.21. The molecule has 0 aromatic heterocycles. The molecule has 0 unspecified atom stereocenters. The van der Waals surface area contributed by atoms with Crippen molar-refractivity contribution >= 4 is 35.3 Å². The molecule has 4 heteroatoms. The lowest BCUT2D eigenvalue weighted by Gasteiger charge is -2.20. The molecule has 0 bridgehead atoms. The van der Waals surface area contributed by atoms with Crippen LogP contribution in [0.4, 0.5) is 11.4 Å². The maximum Gasteiger partial charge on any atom is 0.258 e. The van der Waals surface area contributed by atoms with Gasteiger partial charge in [0.05, 0.1) is 5.69 Å². The molecule has 2 amide bonds. The summed E-state index contributed by atoms with van der Waals surface area (Å²) in [6.45, 7) is 1.84. The molecule has 3 rings (SSSR count). The van der Waals surface area contributed by atoms with Crippen LogP contribution < -0.4 is 10.6 Å².